The monoisotopic (exact) mass is 222 g/mol. The van der Waals surface area contributed by atoms with Crippen LogP contribution in [0.3, 0.4) is 0 Å². The maximum Gasteiger partial charge on any atom is 0.103 e. The van der Waals surface area contributed by atoms with Crippen LogP contribution in [0.2, 0.25) is 5.02 Å². The lowest BCUT2D eigenvalue weighted by Crippen LogP contribution is -2.22. The molecule has 0 heterocycles. The Morgan fingerprint density at radius 3 is 2.53 bits per heavy atom. The fraction of sp³-hybridized carbons (Fsp3) is 0.417. The molecular weight excluding hydrogens is 208 g/mol. The molecule has 0 bridgehead atoms. The maximum absolute atomic E-state index is 8.98. The molecule has 0 fully saturated rings. The van der Waals surface area contributed by atoms with Gasteiger partial charge in [-0.25, -0.2) is 0 Å². The van der Waals surface area contributed by atoms with E-state index in [2.05, 4.69) is 32.2 Å². The second-order valence-corrected chi connectivity index (χ2v) is 4.36. The fourth-order valence-electron chi connectivity index (χ4n) is 1.17. The minimum absolute atomic E-state index is 0.315. The molecule has 3 heteroatoms. The first kappa shape index (κ1) is 11.9. The highest BCUT2D eigenvalue weighted by molar-refractivity contribution is 6.32. The van der Waals surface area contributed by atoms with E-state index in [4.69, 9.17) is 16.9 Å². The molecule has 0 aliphatic heterocycles. The van der Waals surface area contributed by atoms with Crippen molar-refractivity contribution in [2.45, 2.75) is 26.8 Å². The van der Waals surface area contributed by atoms with Crippen molar-refractivity contribution in [1.29, 1.82) is 5.26 Å². The maximum atomic E-state index is 8.98. The van der Waals surface area contributed by atoms with Crippen molar-refractivity contribution in [3.63, 3.8) is 0 Å². The van der Waals surface area contributed by atoms with Gasteiger partial charge < -0.3 is 5.32 Å². The van der Waals surface area contributed by atoms with Crippen LogP contribution >= 0.6 is 11.6 Å². The summed E-state index contributed by atoms with van der Waals surface area (Å²) in [5.74, 6) is 0.510. The van der Waals surface area contributed by atoms with Crippen LogP contribution in [0.15, 0.2) is 18.2 Å². The van der Waals surface area contributed by atoms with E-state index in [-0.39, 0.29) is 0 Å². The smallest absolute Gasteiger partial charge is 0.103 e. The van der Waals surface area contributed by atoms with Gasteiger partial charge >= 0.3 is 0 Å². The SMILES string of the molecule is CC(C)C(C)Nc1cccc(Cl)c1C#N. The van der Waals surface area contributed by atoms with Gasteiger partial charge in [-0.15, -0.1) is 0 Å². The van der Waals surface area contributed by atoms with E-state index in [9.17, 15) is 0 Å². The number of hydrogen-bond acceptors (Lipinski definition) is 2. The van der Waals surface area contributed by atoms with Gasteiger partial charge in [0.25, 0.3) is 0 Å². The Morgan fingerprint density at radius 1 is 1.33 bits per heavy atom. The number of benzene rings is 1. The molecule has 1 atom stereocenters. The van der Waals surface area contributed by atoms with Crippen molar-refractivity contribution in [3.8, 4) is 6.07 Å². The van der Waals surface area contributed by atoms with Crippen LogP contribution in [0, 0.1) is 17.2 Å². The van der Waals surface area contributed by atoms with Crippen LogP contribution in [-0.2, 0) is 0 Å². The summed E-state index contributed by atoms with van der Waals surface area (Å²) in [4.78, 5) is 0. The Kier molecular flexibility index (Phi) is 3.99. The van der Waals surface area contributed by atoms with Crippen molar-refractivity contribution in [2.75, 3.05) is 5.32 Å². The molecule has 0 spiro atoms. The lowest BCUT2D eigenvalue weighted by molar-refractivity contribution is 0.560. The quantitative estimate of drug-likeness (QED) is 0.847. The first-order valence-electron chi connectivity index (χ1n) is 5.01. The molecule has 0 aliphatic rings. The number of rotatable bonds is 3. The van der Waals surface area contributed by atoms with Crippen molar-refractivity contribution >= 4 is 17.3 Å². The van der Waals surface area contributed by atoms with Gasteiger partial charge in [-0.3, -0.25) is 0 Å². The van der Waals surface area contributed by atoms with Crippen molar-refractivity contribution in [1.82, 2.24) is 0 Å². The highest BCUT2D eigenvalue weighted by Gasteiger charge is 2.11. The Bertz CT molecular complexity index is 380. The summed E-state index contributed by atoms with van der Waals surface area (Å²) in [6, 6.07) is 7.88. The molecule has 15 heavy (non-hydrogen) atoms. The molecule has 0 saturated heterocycles. The highest BCUT2D eigenvalue weighted by atomic mass is 35.5. The number of hydrogen-bond donors (Lipinski definition) is 1. The first-order valence-corrected chi connectivity index (χ1v) is 5.39. The summed E-state index contributed by atoms with van der Waals surface area (Å²) in [6.45, 7) is 6.36. The van der Waals surface area contributed by atoms with E-state index >= 15 is 0 Å². The van der Waals surface area contributed by atoms with E-state index < -0.39 is 0 Å². The average Bonchev–Trinajstić information content (AvgIpc) is 2.18. The fourth-order valence-corrected chi connectivity index (χ4v) is 1.39. The summed E-state index contributed by atoms with van der Waals surface area (Å²) in [5.41, 5.74) is 1.33. The average molecular weight is 223 g/mol. The Balaban J connectivity index is 2.96. The third-order valence-electron chi connectivity index (χ3n) is 2.51. The summed E-state index contributed by atoms with van der Waals surface area (Å²) >= 11 is 5.93. The van der Waals surface area contributed by atoms with Gasteiger partial charge in [0.05, 0.1) is 16.3 Å². The molecule has 1 aromatic rings. The predicted octanol–water partition coefficient (Wildman–Crippen LogP) is 3.67. The molecule has 0 saturated carbocycles. The van der Waals surface area contributed by atoms with E-state index in [1.54, 1.807) is 6.07 Å². The van der Waals surface area contributed by atoms with Gasteiger partial charge in [0.1, 0.15) is 6.07 Å². The lowest BCUT2D eigenvalue weighted by Gasteiger charge is -2.19. The molecular formula is C12H15ClN2. The first-order chi connectivity index (χ1) is 7.06. The van der Waals surface area contributed by atoms with E-state index in [1.807, 2.05) is 12.1 Å². The summed E-state index contributed by atoms with van der Waals surface area (Å²) in [5, 5.41) is 12.8. The zero-order valence-electron chi connectivity index (χ0n) is 9.21. The molecule has 0 amide bonds. The molecule has 1 aromatic carbocycles. The minimum Gasteiger partial charge on any atom is -0.381 e. The third-order valence-corrected chi connectivity index (χ3v) is 2.82. The number of halogens is 1. The Morgan fingerprint density at radius 2 is 2.00 bits per heavy atom. The lowest BCUT2D eigenvalue weighted by atomic mass is 10.1. The number of nitrogens with zero attached hydrogens (tertiary/aromatic N) is 1. The second kappa shape index (κ2) is 5.04. The number of nitriles is 1. The van der Waals surface area contributed by atoms with Gasteiger partial charge in [0.15, 0.2) is 0 Å². The predicted molar refractivity (Wildman–Crippen MR) is 64.1 cm³/mol. The van der Waals surface area contributed by atoms with E-state index in [0.29, 0.717) is 22.5 Å². The van der Waals surface area contributed by atoms with Gasteiger partial charge in [-0.1, -0.05) is 31.5 Å². The molecule has 1 rings (SSSR count). The largest absolute Gasteiger partial charge is 0.381 e. The summed E-state index contributed by atoms with van der Waals surface area (Å²) in [6.07, 6.45) is 0. The van der Waals surface area contributed by atoms with Crippen LogP contribution in [-0.4, -0.2) is 6.04 Å². The number of nitrogens with one attached hydrogen (secondary N) is 1. The van der Waals surface area contributed by atoms with Gasteiger partial charge in [-0.05, 0) is 25.0 Å². The van der Waals surface area contributed by atoms with Crippen LogP contribution in [0.1, 0.15) is 26.3 Å². The van der Waals surface area contributed by atoms with Gasteiger partial charge in [0, 0.05) is 6.04 Å². The molecule has 0 aromatic heterocycles. The zero-order chi connectivity index (χ0) is 11.4. The molecule has 2 nitrogen and oxygen atoms in total. The number of anilines is 1. The van der Waals surface area contributed by atoms with Crippen LogP contribution in [0.5, 0.6) is 0 Å². The van der Waals surface area contributed by atoms with E-state index in [0.717, 1.165) is 5.69 Å². The van der Waals surface area contributed by atoms with Crippen molar-refractivity contribution in [3.05, 3.63) is 28.8 Å². The van der Waals surface area contributed by atoms with Crippen LogP contribution < -0.4 is 5.32 Å². The van der Waals surface area contributed by atoms with Gasteiger partial charge in [0.2, 0.25) is 0 Å². The molecule has 0 aliphatic carbocycles. The van der Waals surface area contributed by atoms with Crippen LogP contribution in [0.25, 0.3) is 0 Å². The highest BCUT2D eigenvalue weighted by Crippen LogP contribution is 2.24. The third kappa shape index (κ3) is 2.87. The summed E-state index contributed by atoms with van der Waals surface area (Å²) < 4.78 is 0. The Hall–Kier alpha value is -1.20. The minimum atomic E-state index is 0.315. The molecule has 1 unspecified atom stereocenters. The van der Waals surface area contributed by atoms with E-state index in [1.165, 1.54) is 0 Å². The topological polar surface area (TPSA) is 35.8 Å². The summed E-state index contributed by atoms with van der Waals surface area (Å²) in [7, 11) is 0. The van der Waals surface area contributed by atoms with Crippen molar-refractivity contribution in [2.24, 2.45) is 5.92 Å². The van der Waals surface area contributed by atoms with Gasteiger partial charge in [-0.2, -0.15) is 5.26 Å². The standard InChI is InChI=1S/C12H15ClN2/c1-8(2)9(3)15-12-6-4-5-11(13)10(12)7-14/h4-6,8-9,15H,1-3H3. The molecule has 1 N–H and O–H groups in total. The van der Waals surface area contributed by atoms with Crippen LogP contribution in [0.4, 0.5) is 5.69 Å². The Labute approximate surface area is 95.9 Å². The molecule has 0 radical (unpaired) electrons. The molecule has 80 valence electrons. The normalized spacial score (nSPS) is 12.3. The van der Waals surface area contributed by atoms with Crippen molar-refractivity contribution < 1.29 is 0 Å². The zero-order valence-corrected chi connectivity index (χ0v) is 9.97. The second-order valence-electron chi connectivity index (χ2n) is 3.95.